The molecule has 2 aromatic rings. The van der Waals surface area contributed by atoms with Crippen molar-refractivity contribution >= 4 is 22.4 Å². The Kier molecular flexibility index (Phi) is 3.95. The van der Waals surface area contributed by atoms with E-state index in [1.807, 2.05) is 12.2 Å². The summed E-state index contributed by atoms with van der Waals surface area (Å²) in [7, 11) is 1.11. The first-order valence-electron chi connectivity index (χ1n) is 6.19. The van der Waals surface area contributed by atoms with Crippen LogP contribution in [0.15, 0.2) is 61.7 Å². The van der Waals surface area contributed by atoms with Crippen LogP contribution in [-0.4, -0.2) is 10.2 Å². The van der Waals surface area contributed by atoms with Gasteiger partial charge in [0.25, 0.3) is 0 Å². The van der Waals surface area contributed by atoms with Crippen LogP contribution >= 0.6 is 0 Å². The highest BCUT2D eigenvalue weighted by Gasteiger charge is 2.07. The van der Waals surface area contributed by atoms with E-state index in [4.69, 9.17) is 0 Å². The lowest BCUT2D eigenvalue weighted by Crippen LogP contribution is -2.00. The van der Waals surface area contributed by atoms with Gasteiger partial charge in [-0.25, -0.2) is 0 Å². The lowest BCUT2D eigenvalue weighted by molar-refractivity contribution is 1.14. The molecule has 0 aliphatic rings. The molecule has 0 atom stereocenters. The van der Waals surface area contributed by atoms with Crippen LogP contribution in [0.1, 0.15) is 27.8 Å². The standard InChI is InChI=1S/C17H18Si/c1-3-13-5-9-15(10-6-13)17(18)16-11-7-14(4-2)8-12-16/h3-12,17H,1-2H2,18H3. The molecule has 0 saturated carbocycles. The first kappa shape index (κ1) is 12.6. The largest absolute Gasteiger partial charge is 0.0985 e. The fourth-order valence-corrected chi connectivity index (χ4v) is 2.80. The zero-order chi connectivity index (χ0) is 13.0. The summed E-state index contributed by atoms with van der Waals surface area (Å²) in [5, 5.41) is 0. The van der Waals surface area contributed by atoms with Gasteiger partial charge in [0, 0.05) is 10.2 Å². The molecule has 0 radical (unpaired) electrons. The summed E-state index contributed by atoms with van der Waals surface area (Å²) in [5.41, 5.74) is 5.67. The third-order valence-electron chi connectivity index (χ3n) is 3.34. The van der Waals surface area contributed by atoms with E-state index in [1.165, 1.54) is 22.3 Å². The second-order valence-electron chi connectivity index (χ2n) is 4.46. The highest BCUT2D eigenvalue weighted by molar-refractivity contribution is 6.14. The van der Waals surface area contributed by atoms with E-state index in [1.54, 1.807) is 0 Å². The highest BCUT2D eigenvalue weighted by Crippen LogP contribution is 2.22. The third kappa shape index (κ3) is 2.69. The Bertz CT molecular complexity index is 483. The molecular weight excluding hydrogens is 232 g/mol. The van der Waals surface area contributed by atoms with Crippen LogP contribution in [0.25, 0.3) is 12.2 Å². The van der Waals surface area contributed by atoms with E-state index in [9.17, 15) is 0 Å². The molecular formula is C17H18Si. The normalized spacial score (nSPS) is 10.5. The second-order valence-corrected chi connectivity index (χ2v) is 5.62. The van der Waals surface area contributed by atoms with Gasteiger partial charge in [0.05, 0.1) is 0 Å². The van der Waals surface area contributed by atoms with E-state index in [-0.39, 0.29) is 0 Å². The van der Waals surface area contributed by atoms with E-state index < -0.39 is 0 Å². The summed E-state index contributed by atoms with van der Waals surface area (Å²) >= 11 is 0. The average molecular weight is 250 g/mol. The van der Waals surface area contributed by atoms with E-state index in [0.717, 1.165) is 10.2 Å². The molecule has 0 spiro atoms. The van der Waals surface area contributed by atoms with Crippen molar-refractivity contribution in [3.8, 4) is 0 Å². The topological polar surface area (TPSA) is 0 Å². The molecule has 0 aliphatic heterocycles. The Morgan fingerprint density at radius 3 is 1.33 bits per heavy atom. The van der Waals surface area contributed by atoms with Gasteiger partial charge in [-0.3, -0.25) is 0 Å². The zero-order valence-corrected chi connectivity index (χ0v) is 12.8. The first-order valence-corrected chi connectivity index (χ1v) is 7.35. The van der Waals surface area contributed by atoms with Gasteiger partial charge in [-0.1, -0.05) is 73.8 Å². The monoisotopic (exact) mass is 250 g/mol. The maximum Gasteiger partial charge on any atom is 0.0178 e. The molecule has 0 nitrogen and oxygen atoms in total. The predicted octanol–water partition coefficient (Wildman–Crippen LogP) is 3.43. The van der Waals surface area contributed by atoms with E-state index in [0.29, 0.717) is 5.54 Å². The average Bonchev–Trinajstić information content (AvgIpc) is 2.47. The van der Waals surface area contributed by atoms with Crippen LogP contribution in [0.4, 0.5) is 0 Å². The van der Waals surface area contributed by atoms with Gasteiger partial charge in [0.15, 0.2) is 0 Å². The molecule has 0 heterocycles. The number of benzene rings is 2. The molecule has 1 heteroatoms. The van der Waals surface area contributed by atoms with Crippen LogP contribution in [0.5, 0.6) is 0 Å². The number of rotatable bonds is 4. The predicted molar refractivity (Wildman–Crippen MR) is 84.8 cm³/mol. The van der Waals surface area contributed by atoms with Gasteiger partial charge in [0.1, 0.15) is 0 Å². The van der Waals surface area contributed by atoms with Crippen molar-refractivity contribution in [3.05, 3.63) is 83.9 Å². The molecule has 0 amide bonds. The maximum atomic E-state index is 3.78. The Morgan fingerprint density at radius 2 is 1.06 bits per heavy atom. The minimum Gasteiger partial charge on any atom is -0.0985 e. The number of hydrogen-bond donors (Lipinski definition) is 0. The summed E-state index contributed by atoms with van der Waals surface area (Å²) in [4.78, 5) is 0. The van der Waals surface area contributed by atoms with Crippen molar-refractivity contribution < 1.29 is 0 Å². The van der Waals surface area contributed by atoms with Crippen molar-refractivity contribution in [1.82, 2.24) is 0 Å². The molecule has 0 bridgehead atoms. The lowest BCUT2D eigenvalue weighted by atomic mass is 10.0. The van der Waals surface area contributed by atoms with Gasteiger partial charge in [0.2, 0.25) is 0 Å². The summed E-state index contributed by atoms with van der Waals surface area (Å²) in [6, 6.07) is 17.3. The fourth-order valence-electron chi connectivity index (χ4n) is 2.03. The van der Waals surface area contributed by atoms with Crippen molar-refractivity contribution in [2.75, 3.05) is 0 Å². The van der Waals surface area contributed by atoms with Gasteiger partial charge >= 0.3 is 0 Å². The summed E-state index contributed by atoms with van der Waals surface area (Å²) in [5.74, 6) is 0. The smallest absolute Gasteiger partial charge is 0.0178 e. The van der Waals surface area contributed by atoms with Crippen LogP contribution < -0.4 is 0 Å². The first-order chi connectivity index (χ1) is 8.74. The summed E-state index contributed by atoms with van der Waals surface area (Å²) in [6.07, 6.45) is 3.76. The van der Waals surface area contributed by atoms with Crippen molar-refractivity contribution in [3.63, 3.8) is 0 Å². The van der Waals surface area contributed by atoms with Gasteiger partial charge in [-0.2, -0.15) is 0 Å². The molecule has 90 valence electrons. The molecule has 2 rings (SSSR count). The van der Waals surface area contributed by atoms with Crippen LogP contribution in [0.2, 0.25) is 0 Å². The SMILES string of the molecule is C=Cc1ccc(C([SiH3])c2ccc(C=C)cc2)cc1. The number of hydrogen-bond acceptors (Lipinski definition) is 0. The van der Waals surface area contributed by atoms with E-state index >= 15 is 0 Å². The Hall–Kier alpha value is -1.86. The summed E-state index contributed by atoms with van der Waals surface area (Å²) in [6.45, 7) is 7.56. The van der Waals surface area contributed by atoms with Gasteiger partial charge < -0.3 is 0 Å². The molecule has 0 aromatic heterocycles. The highest BCUT2D eigenvalue weighted by atomic mass is 28.1. The molecule has 0 saturated heterocycles. The van der Waals surface area contributed by atoms with Crippen LogP contribution in [0.3, 0.4) is 0 Å². The van der Waals surface area contributed by atoms with Crippen molar-refractivity contribution in [1.29, 1.82) is 0 Å². The Morgan fingerprint density at radius 1 is 0.722 bits per heavy atom. The molecule has 0 fully saturated rings. The van der Waals surface area contributed by atoms with Gasteiger partial charge in [-0.05, 0) is 27.8 Å². The van der Waals surface area contributed by atoms with E-state index in [2.05, 4.69) is 61.7 Å². The van der Waals surface area contributed by atoms with Crippen molar-refractivity contribution in [2.45, 2.75) is 5.54 Å². The van der Waals surface area contributed by atoms with Gasteiger partial charge in [-0.15, -0.1) is 0 Å². The van der Waals surface area contributed by atoms with Crippen LogP contribution in [-0.2, 0) is 0 Å². The van der Waals surface area contributed by atoms with Crippen molar-refractivity contribution in [2.24, 2.45) is 0 Å². The quantitative estimate of drug-likeness (QED) is 0.729. The zero-order valence-electron chi connectivity index (χ0n) is 10.8. The van der Waals surface area contributed by atoms with Crippen LogP contribution in [0, 0.1) is 0 Å². The minimum atomic E-state index is 0.544. The maximum absolute atomic E-state index is 3.78. The molecule has 2 aromatic carbocycles. The summed E-state index contributed by atoms with van der Waals surface area (Å²) < 4.78 is 0. The molecule has 0 unspecified atom stereocenters. The Labute approximate surface area is 112 Å². The molecule has 0 N–H and O–H groups in total. The molecule has 18 heavy (non-hydrogen) atoms. The Balaban J connectivity index is 2.25. The fraction of sp³-hybridized carbons (Fsp3) is 0.0588. The lowest BCUT2D eigenvalue weighted by Gasteiger charge is -2.13. The minimum absolute atomic E-state index is 0.544. The third-order valence-corrected chi connectivity index (χ3v) is 4.68. The molecule has 0 aliphatic carbocycles. The second kappa shape index (κ2) is 5.65.